The zero-order valence-corrected chi connectivity index (χ0v) is 16.5. The van der Waals surface area contributed by atoms with Crippen LogP contribution in [0, 0.1) is 5.92 Å². The van der Waals surface area contributed by atoms with Gasteiger partial charge in [-0.25, -0.2) is 4.79 Å². The van der Waals surface area contributed by atoms with Crippen LogP contribution >= 0.6 is 0 Å². The summed E-state index contributed by atoms with van der Waals surface area (Å²) in [5, 5.41) is 13.7. The molecule has 8 nitrogen and oxygen atoms in total. The van der Waals surface area contributed by atoms with Gasteiger partial charge in [0.05, 0.1) is 35.7 Å². The van der Waals surface area contributed by atoms with Gasteiger partial charge in [-0.05, 0) is 37.6 Å². The maximum Gasteiger partial charge on any atom is 0.338 e. The molecule has 3 N–H and O–H groups in total. The number of amides is 1. The van der Waals surface area contributed by atoms with Crippen molar-refractivity contribution in [2.75, 3.05) is 36.9 Å². The number of nitrogens with one attached hydrogen (secondary N) is 3. The second-order valence-corrected chi connectivity index (χ2v) is 6.82. The Bertz CT molecular complexity index is 848. The molecule has 3 rings (SSSR count). The molecule has 0 bridgehead atoms. The molecule has 0 aliphatic carbocycles. The minimum Gasteiger partial charge on any atom is -0.462 e. The number of hydrogen-bond acceptors (Lipinski definition) is 6. The number of anilines is 2. The largest absolute Gasteiger partial charge is 0.462 e. The molecule has 8 heteroatoms. The van der Waals surface area contributed by atoms with Gasteiger partial charge < -0.3 is 20.7 Å². The van der Waals surface area contributed by atoms with E-state index in [-0.39, 0.29) is 17.7 Å². The van der Waals surface area contributed by atoms with E-state index in [0.29, 0.717) is 30.9 Å². The molecular weight excluding hydrogens is 358 g/mol. The van der Waals surface area contributed by atoms with Crippen LogP contribution in [0.3, 0.4) is 0 Å². The summed E-state index contributed by atoms with van der Waals surface area (Å²) in [6, 6.07) is 5.15. The fourth-order valence-electron chi connectivity index (χ4n) is 3.50. The number of benzene rings is 1. The molecule has 28 heavy (non-hydrogen) atoms. The Balaban J connectivity index is 1.81. The van der Waals surface area contributed by atoms with Crippen molar-refractivity contribution in [1.82, 2.24) is 15.1 Å². The molecule has 0 saturated carbocycles. The zero-order valence-electron chi connectivity index (χ0n) is 16.5. The molecule has 1 aromatic heterocycles. The number of rotatable bonds is 7. The lowest BCUT2D eigenvalue weighted by atomic mass is 9.90. The quantitative estimate of drug-likeness (QED) is 0.631. The minimum absolute atomic E-state index is 0.0597. The number of aryl methyl sites for hydroxylation is 1. The summed E-state index contributed by atoms with van der Waals surface area (Å²) in [4.78, 5) is 25.1. The maximum absolute atomic E-state index is 13.0. The van der Waals surface area contributed by atoms with Gasteiger partial charge in [-0.15, -0.1) is 0 Å². The lowest BCUT2D eigenvalue weighted by Crippen LogP contribution is -2.28. The lowest BCUT2D eigenvalue weighted by molar-refractivity contribution is -0.119. The molecule has 2 atom stereocenters. The second kappa shape index (κ2) is 8.88. The van der Waals surface area contributed by atoms with E-state index in [1.807, 2.05) is 26.4 Å². The Labute approximate surface area is 164 Å². The van der Waals surface area contributed by atoms with Crippen LogP contribution in [0.2, 0.25) is 0 Å². The Morgan fingerprint density at radius 3 is 2.79 bits per heavy atom. The highest BCUT2D eigenvalue weighted by Crippen LogP contribution is 2.30. The standard InChI is InChI=1S/C20H27N5O3/c1-4-22-17-7-6-13(20(27)28-5-2)8-18(17)24-19(26)16-11-21-10-15(16)14-9-23-25(3)12-14/h6-9,12,15-16,21-22H,4-5,10-11H2,1-3H3,(H,24,26)/t15-,16+/m1/s1. The Morgan fingerprint density at radius 2 is 2.11 bits per heavy atom. The number of carbonyl (C=O) groups excluding carboxylic acids is 2. The van der Waals surface area contributed by atoms with Crippen molar-refractivity contribution in [3.05, 3.63) is 41.7 Å². The van der Waals surface area contributed by atoms with Crippen LogP contribution in [-0.4, -0.2) is 47.9 Å². The van der Waals surface area contributed by atoms with Crippen LogP contribution < -0.4 is 16.0 Å². The highest BCUT2D eigenvalue weighted by molar-refractivity contribution is 5.99. The third-order valence-corrected chi connectivity index (χ3v) is 4.86. The van der Waals surface area contributed by atoms with Crippen molar-refractivity contribution in [2.24, 2.45) is 13.0 Å². The van der Waals surface area contributed by atoms with Crippen molar-refractivity contribution in [3.63, 3.8) is 0 Å². The summed E-state index contributed by atoms with van der Waals surface area (Å²) >= 11 is 0. The van der Waals surface area contributed by atoms with Crippen LogP contribution in [0.5, 0.6) is 0 Å². The minimum atomic E-state index is -0.406. The zero-order chi connectivity index (χ0) is 20.1. The van der Waals surface area contributed by atoms with Gasteiger partial charge in [0.25, 0.3) is 0 Å². The summed E-state index contributed by atoms with van der Waals surface area (Å²) < 4.78 is 6.82. The van der Waals surface area contributed by atoms with Crippen LogP contribution in [-0.2, 0) is 16.6 Å². The number of nitrogens with zero attached hydrogens (tertiary/aromatic N) is 2. The molecule has 0 spiro atoms. The first kappa shape index (κ1) is 19.9. The smallest absolute Gasteiger partial charge is 0.338 e. The van der Waals surface area contributed by atoms with E-state index < -0.39 is 5.97 Å². The maximum atomic E-state index is 13.0. The number of ether oxygens (including phenoxy) is 1. The topological polar surface area (TPSA) is 97.3 Å². The first-order valence-electron chi connectivity index (χ1n) is 9.58. The van der Waals surface area contributed by atoms with E-state index in [9.17, 15) is 9.59 Å². The predicted molar refractivity (Wildman–Crippen MR) is 108 cm³/mol. The second-order valence-electron chi connectivity index (χ2n) is 6.82. The summed E-state index contributed by atoms with van der Waals surface area (Å²) in [6.45, 7) is 6.07. The lowest BCUT2D eigenvalue weighted by Gasteiger charge is -2.19. The Hall–Kier alpha value is -2.87. The summed E-state index contributed by atoms with van der Waals surface area (Å²) in [6.07, 6.45) is 3.76. The van der Waals surface area contributed by atoms with Crippen LogP contribution in [0.25, 0.3) is 0 Å². The van der Waals surface area contributed by atoms with Gasteiger partial charge in [0.1, 0.15) is 0 Å². The Kier molecular flexibility index (Phi) is 6.30. The van der Waals surface area contributed by atoms with E-state index in [4.69, 9.17) is 4.74 Å². The van der Waals surface area contributed by atoms with Crippen molar-refractivity contribution < 1.29 is 14.3 Å². The van der Waals surface area contributed by atoms with E-state index >= 15 is 0 Å². The molecule has 1 saturated heterocycles. The van der Waals surface area contributed by atoms with Gasteiger partial charge in [0.2, 0.25) is 5.91 Å². The van der Waals surface area contributed by atoms with E-state index in [0.717, 1.165) is 17.8 Å². The molecule has 1 aliphatic rings. The molecule has 1 aliphatic heterocycles. The van der Waals surface area contributed by atoms with Crippen molar-refractivity contribution in [1.29, 1.82) is 0 Å². The van der Waals surface area contributed by atoms with E-state index in [2.05, 4.69) is 21.0 Å². The summed E-state index contributed by atoms with van der Waals surface area (Å²) in [5.41, 5.74) is 2.80. The molecule has 0 unspecified atom stereocenters. The molecule has 1 aromatic carbocycles. The average molecular weight is 385 g/mol. The molecule has 1 amide bonds. The molecular formula is C20H27N5O3. The van der Waals surface area contributed by atoms with Crippen molar-refractivity contribution in [2.45, 2.75) is 19.8 Å². The van der Waals surface area contributed by atoms with Gasteiger partial charge in [0.15, 0.2) is 0 Å². The first-order valence-corrected chi connectivity index (χ1v) is 9.58. The number of hydrogen-bond donors (Lipinski definition) is 3. The molecule has 1 fully saturated rings. The van der Waals surface area contributed by atoms with Gasteiger partial charge in [0, 0.05) is 38.8 Å². The third-order valence-electron chi connectivity index (χ3n) is 4.86. The molecule has 0 radical (unpaired) electrons. The fraction of sp³-hybridized carbons (Fsp3) is 0.450. The average Bonchev–Trinajstić information content (AvgIpc) is 3.32. The fourth-order valence-corrected chi connectivity index (χ4v) is 3.50. The highest BCUT2D eigenvalue weighted by Gasteiger charge is 2.35. The summed E-state index contributed by atoms with van der Waals surface area (Å²) in [5.74, 6) is -0.648. The van der Waals surface area contributed by atoms with E-state index in [1.54, 1.807) is 29.8 Å². The third kappa shape index (κ3) is 4.33. The summed E-state index contributed by atoms with van der Waals surface area (Å²) in [7, 11) is 1.87. The Morgan fingerprint density at radius 1 is 1.29 bits per heavy atom. The van der Waals surface area contributed by atoms with Gasteiger partial charge in [-0.1, -0.05) is 0 Å². The highest BCUT2D eigenvalue weighted by atomic mass is 16.5. The SMILES string of the molecule is CCNc1ccc(C(=O)OCC)cc1NC(=O)[C@H]1CNC[C@@H]1c1cnn(C)c1. The first-order chi connectivity index (χ1) is 13.5. The van der Waals surface area contributed by atoms with Crippen LogP contribution in [0.1, 0.15) is 35.7 Å². The van der Waals surface area contributed by atoms with Crippen LogP contribution in [0.15, 0.2) is 30.6 Å². The van der Waals surface area contributed by atoms with Crippen molar-refractivity contribution >= 4 is 23.3 Å². The van der Waals surface area contributed by atoms with Crippen LogP contribution in [0.4, 0.5) is 11.4 Å². The molecule has 2 aromatic rings. The van der Waals surface area contributed by atoms with E-state index in [1.165, 1.54) is 0 Å². The predicted octanol–water partition coefficient (Wildman–Crippen LogP) is 1.97. The number of aromatic nitrogens is 2. The van der Waals surface area contributed by atoms with Gasteiger partial charge >= 0.3 is 5.97 Å². The number of carbonyl (C=O) groups is 2. The molecule has 150 valence electrons. The van der Waals surface area contributed by atoms with Crippen molar-refractivity contribution in [3.8, 4) is 0 Å². The van der Waals surface area contributed by atoms with Gasteiger partial charge in [-0.3, -0.25) is 9.48 Å². The normalized spacial score (nSPS) is 18.7. The monoisotopic (exact) mass is 385 g/mol. The molecule has 2 heterocycles. The van der Waals surface area contributed by atoms with Gasteiger partial charge in [-0.2, -0.15) is 5.10 Å². The number of esters is 1.